The van der Waals surface area contributed by atoms with E-state index >= 15 is 0 Å². The lowest BCUT2D eigenvalue weighted by Crippen LogP contribution is -2.13. The highest BCUT2D eigenvalue weighted by Gasteiger charge is 2.30. The van der Waals surface area contributed by atoms with Crippen molar-refractivity contribution in [2.75, 3.05) is 0 Å². The van der Waals surface area contributed by atoms with E-state index < -0.39 is 5.97 Å². The van der Waals surface area contributed by atoms with Gasteiger partial charge in [-0.1, -0.05) is 0 Å². The van der Waals surface area contributed by atoms with Crippen molar-refractivity contribution < 1.29 is 9.90 Å². The van der Waals surface area contributed by atoms with E-state index in [-0.39, 0.29) is -0.565 Å². The monoisotopic (exact) mass is 891 g/mol. The van der Waals surface area contributed by atoms with Crippen molar-refractivity contribution in [2.24, 2.45) is 0 Å². The maximum absolute atomic E-state index is 11.3. The summed E-state index contributed by atoms with van der Waals surface area (Å²) in [5.74, 6) is -0.858. The average Bonchev–Trinajstić information content (AvgIpc) is 2.11. The van der Waals surface area contributed by atoms with E-state index in [0.29, 0.717) is 5.56 Å². The number of halogens is 6. The summed E-state index contributed by atoms with van der Waals surface area (Å²) in [7, 11) is 0. The Hall–Kier alpha value is 3.07. The number of benzene rings is 1. The molecule has 16 heavy (non-hydrogen) atoms. The molecule has 1 aromatic carbocycles. The van der Waals surface area contributed by atoms with Crippen molar-refractivity contribution in [3.63, 3.8) is 0 Å². The third-order valence-electron chi connectivity index (χ3n) is 1.68. The van der Waals surface area contributed by atoms with E-state index in [0.717, 1.165) is 16.3 Å². The van der Waals surface area contributed by atoms with Crippen LogP contribution in [0.5, 0.6) is 0 Å². The number of hydrogen-bond donors (Lipinski definition) is 1. The van der Waals surface area contributed by atoms with Crippen LogP contribution in [0, 0.1) is 10.7 Å². The first-order chi connectivity index (χ1) is 7.16. The Morgan fingerprint density at radius 1 is 1.12 bits per heavy atom. The maximum atomic E-state index is 11.3. The summed E-state index contributed by atoms with van der Waals surface area (Å²) in [6, 6.07) is 1.96. The van der Waals surface area contributed by atoms with Crippen LogP contribution in [-0.4, -0.2) is 11.1 Å². The van der Waals surface area contributed by atoms with Gasteiger partial charge in [0.1, 0.15) is -0.565 Å². The SMILES string of the molecule is O=C(O)c1c(C(I)(I)I)cc(I)c(I)c1I. The average molecular weight is 892 g/mol. The van der Waals surface area contributed by atoms with Crippen LogP contribution < -0.4 is 0 Å². The van der Waals surface area contributed by atoms with Gasteiger partial charge in [0.25, 0.3) is 0 Å². The fraction of sp³-hybridized carbons (Fsp3) is 0.125. The van der Waals surface area contributed by atoms with Crippen LogP contribution in [0.25, 0.3) is 0 Å². The molecule has 0 aromatic heterocycles. The van der Waals surface area contributed by atoms with Gasteiger partial charge >= 0.3 is 5.97 Å². The molecule has 0 heterocycles. The normalized spacial score (nSPS) is 11.6. The lowest BCUT2D eigenvalue weighted by molar-refractivity contribution is 0.0694. The first kappa shape index (κ1) is 17.1. The summed E-state index contributed by atoms with van der Waals surface area (Å²) in [5, 5.41) is 9.30. The summed E-state index contributed by atoms with van der Waals surface area (Å²) >= 11 is 13.3. The van der Waals surface area contributed by atoms with Crippen LogP contribution in [0.1, 0.15) is 15.9 Å². The van der Waals surface area contributed by atoms with Gasteiger partial charge in [0.15, 0.2) is 0 Å². The largest absolute Gasteiger partial charge is 0.478 e. The molecule has 1 N–H and O–H groups in total. The van der Waals surface area contributed by atoms with Gasteiger partial charge in [-0.3, -0.25) is 0 Å². The Bertz CT molecular complexity index is 451. The molecular formula is C8H2I6O2. The van der Waals surface area contributed by atoms with E-state index in [1.807, 2.05) is 6.07 Å². The molecule has 0 saturated carbocycles. The Labute approximate surface area is 175 Å². The van der Waals surface area contributed by atoms with Crippen molar-refractivity contribution in [1.29, 1.82) is 0 Å². The third-order valence-corrected chi connectivity index (χ3v) is 8.54. The highest BCUT2D eigenvalue weighted by Crippen LogP contribution is 2.49. The van der Waals surface area contributed by atoms with Crippen LogP contribution >= 0.6 is 136 Å². The molecule has 0 spiro atoms. The van der Waals surface area contributed by atoms with Gasteiger partial charge in [0, 0.05) is 16.3 Å². The fourth-order valence-corrected chi connectivity index (χ4v) is 4.64. The molecule has 0 bridgehead atoms. The second-order valence-corrected chi connectivity index (χ2v) is 17.1. The molecule has 2 nitrogen and oxygen atoms in total. The molecule has 0 aliphatic heterocycles. The van der Waals surface area contributed by atoms with Gasteiger partial charge in [0.2, 0.25) is 0 Å². The fourth-order valence-electron chi connectivity index (χ4n) is 1.03. The predicted molar refractivity (Wildman–Crippen MR) is 115 cm³/mol. The van der Waals surface area contributed by atoms with Gasteiger partial charge in [-0.15, -0.1) is 0 Å². The quantitative estimate of drug-likeness (QED) is 0.239. The van der Waals surface area contributed by atoms with Gasteiger partial charge < -0.3 is 5.11 Å². The second kappa shape index (κ2) is 6.68. The molecule has 0 amide bonds. The summed E-state index contributed by atoms with van der Waals surface area (Å²) in [6.45, 7) is 0. The summed E-state index contributed by atoms with van der Waals surface area (Å²) in [5.41, 5.74) is 1.28. The Balaban J connectivity index is 3.67. The van der Waals surface area contributed by atoms with Crippen LogP contribution in [-0.2, 0) is -0.565 Å². The molecule has 88 valence electrons. The lowest BCUT2D eigenvalue weighted by atomic mass is 10.1. The lowest BCUT2D eigenvalue weighted by Gasteiger charge is -2.18. The molecule has 0 aliphatic carbocycles. The number of carbonyl (C=O) groups is 1. The van der Waals surface area contributed by atoms with Crippen molar-refractivity contribution in [3.8, 4) is 0 Å². The Morgan fingerprint density at radius 2 is 1.62 bits per heavy atom. The predicted octanol–water partition coefficient (Wildman–Crippen LogP) is 5.61. The van der Waals surface area contributed by atoms with Gasteiger partial charge in [-0.2, -0.15) is 0 Å². The summed E-state index contributed by atoms with van der Waals surface area (Å²) in [6.07, 6.45) is 0. The molecule has 0 saturated heterocycles. The van der Waals surface area contributed by atoms with Crippen molar-refractivity contribution in [2.45, 2.75) is -0.565 Å². The number of aromatic carboxylic acids is 1. The first-order valence-corrected chi connectivity index (χ1v) is 10.1. The van der Waals surface area contributed by atoms with Gasteiger partial charge in [0.05, 0.1) is 5.56 Å². The second-order valence-electron chi connectivity index (χ2n) is 2.71. The van der Waals surface area contributed by atoms with Crippen LogP contribution in [0.2, 0.25) is 0 Å². The van der Waals surface area contributed by atoms with Crippen LogP contribution in [0.4, 0.5) is 0 Å². The first-order valence-electron chi connectivity index (χ1n) is 3.64. The van der Waals surface area contributed by atoms with E-state index in [2.05, 4.69) is 136 Å². The van der Waals surface area contributed by atoms with E-state index in [1.54, 1.807) is 0 Å². The van der Waals surface area contributed by atoms with Crippen molar-refractivity contribution in [3.05, 3.63) is 27.9 Å². The molecule has 0 fully saturated rings. The molecule has 0 radical (unpaired) electrons. The molecule has 8 heteroatoms. The zero-order valence-electron chi connectivity index (χ0n) is 7.20. The van der Waals surface area contributed by atoms with Crippen molar-refractivity contribution >= 4 is 142 Å². The van der Waals surface area contributed by atoms with Gasteiger partial charge in [-0.25, -0.2) is 4.79 Å². The number of rotatable bonds is 2. The zero-order chi connectivity index (χ0) is 12.7. The third kappa shape index (κ3) is 4.03. The minimum absolute atomic E-state index is 0.245. The maximum Gasteiger partial charge on any atom is 0.337 e. The van der Waals surface area contributed by atoms with Crippen LogP contribution in [0.15, 0.2) is 6.07 Å². The zero-order valence-corrected chi connectivity index (χ0v) is 20.1. The van der Waals surface area contributed by atoms with Gasteiger partial charge in [-0.05, 0) is 142 Å². The number of carboxylic acids is 1. The van der Waals surface area contributed by atoms with Crippen LogP contribution in [0.3, 0.4) is 0 Å². The molecule has 1 aromatic rings. The number of hydrogen-bond acceptors (Lipinski definition) is 1. The Morgan fingerprint density at radius 3 is 2.00 bits per heavy atom. The topological polar surface area (TPSA) is 37.3 Å². The molecule has 0 unspecified atom stereocenters. The Kier molecular flexibility index (Phi) is 7.15. The minimum Gasteiger partial charge on any atom is -0.478 e. The van der Waals surface area contributed by atoms with E-state index in [1.165, 1.54) is 0 Å². The molecule has 0 atom stereocenters. The number of alkyl halides is 3. The smallest absolute Gasteiger partial charge is 0.337 e. The molecule has 0 aliphatic rings. The summed E-state index contributed by atoms with van der Waals surface area (Å²) < 4.78 is 2.68. The number of carboxylic acid groups (broad SMARTS) is 1. The standard InChI is InChI=1S/C8H2I6O2/c9-3-1-2(8(12,13)14)4(7(15)16)6(11)5(3)10/h1H,(H,15,16). The molecular weight excluding hydrogens is 890 g/mol. The highest BCUT2D eigenvalue weighted by atomic mass is 127. The van der Waals surface area contributed by atoms with E-state index in [9.17, 15) is 9.90 Å². The molecule has 1 rings (SSSR count). The minimum atomic E-state index is -0.858. The van der Waals surface area contributed by atoms with Crippen molar-refractivity contribution in [1.82, 2.24) is 0 Å². The van der Waals surface area contributed by atoms with E-state index in [4.69, 9.17) is 0 Å². The summed E-state index contributed by atoms with van der Waals surface area (Å²) in [4.78, 5) is 11.3. The highest BCUT2D eigenvalue weighted by molar-refractivity contribution is 14.3.